The van der Waals surface area contributed by atoms with Crippen molar-refractivity contribution in [3.63, 3.8) is 0 Å². The Balaban J connectivity index is 1.94. The second-order valence-electron chi connectivity index (χ2n) is 6.02. The van der Waals surface area contributed by atoms with Crippen molar-refractivity contribution in [1.29, 1.82) is 0 Å². The highest BCUT2D eigenvalue weighted by Crippen LogP contribution is 2.19. The Hall–Kier alpha value is -2.97. The molecule has 0 bridgehead atoms. The number of carbonyl (C=O) groups excluding carboxylic acids is 2. The lowest BCUT2D eigenvalue weighted by Crippen LogP contribution is -2.30. The van der Waals surface area contributed by atoms with Gasteiger partial charge in [-0.3, -0.25) is 4.79 Å². The topological polar surface area (TPSA) is 92.8 Å². The lowest BCUT2D eigenvalue weighted by Gasteiger charge is -2.18. The highest BCUT2D eigenvalue weighted by molar-refractivity contribution is 7.89. The molecule has 2 aromatic rings. The third kappa shape index (κ3) is 6.55. The van der Waals surface area contributed by atoms with Crippen molar-refractivity contribution < 1.29 is 22.7 Å². The largest absolute Gasteiger partial charge is 0.452 e. The van der Waals surface area contributed by atoms with E-state index in [1.54, 1.807) is 32.1 Å². The number of nitrogens with zero attached hydrogens (tertiary/aromatic N) is 1. The van der Waals surface area contributed by atoms with Crippen LogP contribution in [-0.2, 0) is 24.3 Å². The first kappa shape index (κ1) is 22.3. The summed E-state index contributed by atoms with van der Waals surface area (Å²) in [5, 5.41) is 2.54. The number of benzene rings is 2. The minimum atomic E-state index is -3.63. The number of carbonyl (C=O) groups is 2. The third-order valence-corrected chi connectivity index (χ3v) is 6.06. The van der Waals surface area contributed by atoms with Gasteiger partial charge in [0.2, 0.25) is 10.0 Å². The Kier molecular flexibility index (Phi) is 8.11. The van der Waals surface area contributed by atoms with Crippen LogP contribution in [0.1, 0.15) is 19.4 Å². The fraction of sp³-hybridized carbons (Fsp3) is 0.238. The molecule has 0 aliphatic carbocycles. The zero-order valence-electron chi connectivity index (χ0n) is 16.4. The summed E-state index contributed by atoms with van der Waals surface area (Å²) in [6.45, 7) is 3.73. The number of sulfonamides is 1. The van der Waals surface area contributed by atoms with Crippen LogP contribution in [0.2, 0.25) is 0 Å². The summed E-state index contributed by atoms with van der Waals surface area (Å²) < 4.78 is 31.4. The van der Waals surface area contributed by atoms with Crippen LogP contribution in [0.4, 0.5) is 5.69 Å². The molecule has 0 aromatic heterocycles. The highest BCUT2D eigenvalue weighted by Gasteiger charge is 2.21. The first-order valence-corrected chi connectivity index (χ1v) is 10.6. The molecule has 0 fully saturated rings. The lowest BCUT2D eigenvalue weighted by atomic mass is 10.2. The van der Waals surface area contributed by atoms with Crippen LogP contribution < -0.4 is 5.32 Å². The van der Waals surface area contributed by atoms with Crippen molar-refractivity contribution in [3.05, 3.63) is 66.2 Å². The molecule has 0 heterocycles. The molecule has 0 atom stereocenters. The van der Waals surface area contributed by atoms with Crippen LogP contribution in [-0.4, -0.2) is 44.3 Å². The summed E-state index contributed by atoms with van der Waals surface area (Å²) in [6, 6.07) is 15.2. The first-order valence-electron chi connectivity index (χ1n) is 9.16. The first-order chi connectivity index (χ1) is 13.9. The minimum Gasteiger partial charge on any atom is -0.452 e. The van der Waals surface area contributed by atoms with Crippen LogP contribution >= 0.6 is 0 Å². The molecule has 0 saturated heterocycles. The summed E-state index contributed by atoms with van der Waals surface area (Å²) in [6.07, 6.45) is 2.82. The molecule has 0 spiro atoms. The standard InChI is InChI=1S/C21H24N2O5S/c1-3-23(4-2)29(26,27)19-12-8-11-18(15-19)22-20(24)16-28-21(25)14-13-17-9-6-5-7-10-17/h5-15H,3-4,16H2,1-2H3,(H,22,24)/b14-13+. The molecule has 1 N–H and O–H groups in total. The zero-order chi connectivity index (χ0) is 21.3. The van der Waals surface area contributed by atoms with E-state index in [1.165, 1.54) is 22.5 Å². The van der Waals surface area contributed by atoms with E-state index < -0.39 is 28.5 Å². The Morgan fingerprint density at radius 1 is 1.03 bits per heavy atom. The van der Waals surface area contributed by atoms with E-state index in [-0.39, 0.29) is 4.90 Å². The molecule has 0 aliphatic rings. The number of esters is 1. The number of hydrogen-bond acceptors (Lipinski definition) is 5. The maximum Gasteiger partial charge on any atom is 0.331 e. The van der Waals surface area contributed by atoms with Crippen molar-refractivity contribution in [3.8, 4) is 0 Å². The van der Waals surface area contributed by atoms with Crippen molar-refractivity contribution in [1.82, 2.24) is 4.31 Å². The van der Waals surface area contributed by atoms with Gasteiger partial charge >= 0.3 is 5.97 Å². The highest BCUT2D eigenvalue weighted by atomic mass is 32.2. The Morgan fingerprint density at radius 3 is 2.38 bits per heavy atom. The lowest BCUT2D eigenvalue weighted by molar-refractivity contribution is -0.142. The van der Waals surface area contributed by atoms with Crippen molar-refractivity contribution in [2.24, 2.45) is 0 Å². The van der Waals surface area contributed by atoms with Gasteiger partial charge in [-0.05, 0) is 29.8 Å². The van der Waals surface area contributed by atoms with Crippen LogP contribution in [0, 0.1) is 0 Å². The second-order valence-corrected chi connectivity index (χ2v) is 7.95. The predicted octanol–water partition coefficient (Wildman–Crippen LogP) is 2.91. The van der Waals surface area contributed by atoms with E-state index >= 15 is 0 Å². The van der Waals surface area contributed by atoms with E-state index in [9.17, 15) is 18.0 Å². The molecule has 0 radical (unpaired) electrons. The molecule has 0 saturated carbocycles. The van der Waals surface area contributed by atoms with E-state index in [2.05, 4.69) is 5.32 Å². The average molecular weight is 416 g/mol. The van der Waals surface area contributed by atoms with Crippen LogP contribution in [0.15, 0.2) is 65.6 Å². The number of ether oxygens (including phenoxy) is 1. The van der Waals surface area contributed by atoms with Crippen molar-refractivity contribution >= 4 is 33.7 Å². The second kappa shape index (κ2) is 10.5. The number of anilines is 1. The third-order valence-electron chi connectivity index (χ3n) is 4.02. The Bertz CT molecular complexity index is 968. The van der Waals surface area contributed by atoms with Gasteiger partial charge in [0.1, 0.15) is 0 Å². The average Bonchev–Trinajstić information content (AvgIpc) is 2.72. The summed E-state index contributed by atoms with van der Waals surface area (Å²) in [5.41, 5.74) is 1.14. The molecule has 8 heteroatoms. The van der Waals surface area contributed by atoms with Gasteiger partial charge in [0.05, 0.1) is 4.90 Å². The van der Waals surface area contributed by atoms with Crippen molar-refractivity contribution in [2.45, 2.75) is 18.7 Å². The van der Waals surface area contributed by atoms with Gasteiger partial charge in [-0.1, -0.05) is 50.2 Å². The van der Waals surface area contributed by atoms with Crippen LogP contribution in [0.5, 0.6) is 0 Å². The molecule has 29 heavy (non-hydrogen) atoms. The molecular formula is C21H24N2O5S. The van der Waals surface area contributed by atoms with Gasteiger partial charge in [0.15, 0.2) is 6.61 Å². The fourth-order valence-corrected chi connectivity index (χ4v) is 4.06. The van der Waals surface area contributed by atoms with Gasteiger partial charge in [-0.25, -0.2) is 13.2 Å². The van der Waals surface area contributed by atoms with Crippen LogP contribution in [0.3, 0.4) is 0 Å². The van der Waals surface area contributed by atoms with Gasteiger partial charge < -0.3 is 10.1 Å². The van der Waals surface area contributed by atoms with E-state index in [0.717, 1.165) is 5.56 Å². The van der Waals surface area contributed by atoms with E-state index in [1.807, 2.05) is 30.3 Å². The monoisotopic (exact) mass is 416 g/mol. The molecule has 0 unspecified atom stereocenters. The van der Waals surface area contributed by atoms with Gasteiger partial charge in [-0.2, -0.15) is 4.31 Å². The molecule has 0 aliphatic heterocycles. The predicted molar refractivity (Wildman–Crippen MR) is 112 cm³/mol. The number of hydrogen-bond donors (Lipinski definition) is 1. The summed E-state index contributed by atoms with van der Waals surface area (Å²) in [4.78, 5) is 23.8. The number of amides is 1. The number of rotatable bonds is 9. The molecule has 1 amide bonds. The van der Waals surface area contributed by atoms with E-state index in [4.69, 9.17) is 4.74 Å². The molecule has 2 aromatic carbocycles. The zero-order valence-corrected chi connectivity index (χ0v) is 17.2. The Morgan fingerprint density at radius 2 is 1.72 bits per heavy atom. The van der Waals surface area contributed by atoms with Crippen LogP contribution in [0.25, 0.3) is 6.08 Å². The SMILES string of the molecule is CCN(CC)S(=O)(=O)c1cccc(NC(=O)COC(=O)/C=C/c2ccccc2)c1. The minimum absolute atomic E-state index is 0.0850. The Labute approximate surface area is 171 Å². The summed E-state index contributed by atoms with van der Waals surface area (Å²) in [7, 11) is -3.63. The summed E-state index contributed by atoms with van der Waals surface area (Å²) >= 11 is 0. The summed E-state index contributed by atoms with van der Waals surface area (Å²) in [5.74, 6) is -1.22. The smallest absolute Gasteiger partial charge is 0.331 e. The number of nitrogens with one attached hydrogen (secondary N) is 1. The van der Waals surface area contributed by atoms with E-state index in [0.29, 0.717) is 18.8 Å². The normalized spacial score (nSPS) is 11.6. The molecule has 7 nitrogen and oxygen atoms in total. The molecular weight excluding hydrogens is 392 g/mol. The maximum absolute atomic E-state index is 12.6. The molecule has 2 rings (SSSR count). The van der Waals surface area contributed by atoms with Gasteiger partial charge in [0, 0.05) is 24.9 Å². The van der Waals surface area contributed by atoms with Gasteiger partial charge in [0.25, 0.3) is 5.91 Å². The maximum atomic E-state index is 12.6. The fourth-order valence-electron chi connectivity index (χ4n) is 2.56. The quantitative estimate of drug-likeness (QED) is 0.501. The van der Waals surface area contributed by atoms with Crippen molar-refractivity contribution in [2.75, 3.05) is 25.0 Å². The van der Waals surface area contributed by atoms with Gasteiger partial charge in [-0.15, -0.1) is 0 Å². The molecule has 154 valence electrons.